The average molecular weight is 493 g/mol. The summed E-state index contributed by atoms with van der Waals surface area (Å²) >= 11 is 0. The Morgan fingerprint density at radius 1 is 1.00 bits per heavy atom. The van der Waals surface area contributed by atoms with Gasteiger partial charge in [0.15, 0.2) is 0 Å². The molecule has 3 aromatic carbocycles. The van der Waals surface area contributed by atoms with Gasteiger partial charge in [-0.15, -0.1) is 0 Å². The molecule has 182 valence electrons. The lowest BCUT2D eigenvalue weighted by Gasteiger charge is -2.28. The molecule has 1 aliphatic rings. The minimum atomic E-state index is -3.54. The van der Waals surface area contributed by atoms with Crippen molar-refractivity contribution in [3.05, 3.63) is 89.5 Å². The highest BCUT2D eigenvalue weighted by Crippen LogP contribution is 2.32. The van der Waals surface area contributed by atoms with Crippen LogP contribution in [-0.2, 0) is 31.9 Å². The zero-order valence-corrected chi connectivity index (χ0v) is 20.7. The fraction of sp³-hybridized carbons (Fsp3) is 0.259. The van der Waals surface area contributed by atoms with Crippen molar-refractivity contribution < 1.29 is 22.7 Å². The van der Waals surface area contributed by atoms with Crippen molar-refractivity contribution in [2.45, 2.75) is 32.2 Å². The first-order chi connectivity index (χ1) is 16.7. The molecule has 7 nitrogen and oxygen atoms in total. The van der Waals surface area contributed by atoms with Crippen LogP contribution in [-0.4, -0.2) is 38.3 Å². The van der Waals surface area contributed by atoms with Crippen LogP contribution in [0.25, 0.3) is 11.1 Å². The number of rotatable bonds is 8. The standard InChI is InChI=1S/C27H28N2O5S/c1-18(2)25(27(31)34-3)29-16-22-15-21(11-14-24(22)26(29)30)20-9-12-23(13-10-20)28-35(32,33)17-19-7-5-4-6-8-19/h4-15,18,25,28H,16-17H2,1-3H3/t25-/m0/s1. The molecule has 1 N–H and O–H groups in total. The number of sulfonamides is 1. The van der Waals surface area contributed by atoms with Crippen molar-refractivity contribution >= 4 is 27.6 Å². The molecule has 1 amide bonds. The van der Waals surface area contributed by atoms with Crippen molar-refractivity contribution in [1.82, 2.24) is 4.90 Å². The first-order valence-corrected chi connectivity index (χ1v) is 13.0. The summed E-state index contributed by atoms with van der Waals surface area (Å²) < 4.78 is 32.5. The Bertz CT molecular complexity index is 1340. The van der Waals surface area contributed by atoms with E-state index in [-0.39, 0.29) is 17.6 Å². The quantitative estimate of drug-likeness (QED) is 0.469. The molecular weight excluding hydrogens is 464 g/mol. The number of nitrogens with zero attached hydrogens (tertiary/aromatic N) is 1. The summed E-state index contributed by atoms with van der Waals surface area (Å²) in [6.45, 7) is 4.11. The summed E-state index contributed by atoms with van der Waals surface area (Å²) in [5, 5.41) is 0. The van der Waals surface area contributed by atoms with E-state index < -0.39 is 22.0 Å². The molecule has 4 rings (SSSR count). The lowest BCUT2D eigenvalue weighted by Crippen LogP contribution is -2.45. The molecule has 0 radical (unpaired) electrons. The maximum atomic E-state index is 13.0. The maximum absolute atomic E-state index is 13.0. The van der Waals surface area contributed by atoms with Crippen LogP contribution in [0.3, 0.4) is 0 Å². The first kappa shape index (κ1) is 24.5. The Morgan fingerprint density at radius 2 is 1.66 bits per heavy atom. The second-order valence-corrected chi connectivity index (χ2v) is 10.7. The SMILES string of the molecule is COC(=O)[C@H](C(C)C)N1Cc2cc(-c3ccc(NS(=O)(=O)Cc4ccccc4)cc3)ccc2C1=O. The van der Waals surface area contributed by atoms with E-state index in [2.05, 4.69) is 4.72 Å². The highest BCUT2D eigenvalue weighted by molar-refractivity contribution is 7.91. The number of fused-ring (bicyclic) bond motifs is 1. The number of amides is 1. The van der Waals surface area contributed by atoms with Crippen molar-refractivity contribution in [3.63, 3.8) is 0 Å². The highest BCUT2D eigenvalue weighted by Gasteiger charge is 2.38. The topological polar surface area (TPSA) is 92.8 Å². The molecule has 1 atom stereocenters. The summed E-state index contributed by atoms with van der Waals surface area (Å²) in [5.74, 6) is -0.794. The van der Waals surface area contributed by atoms with E-state index in [1.807, 2.05) is 56.3 Å². The van der Waals surface area contributed by atoms with Crippen molar-refractivity contribution in [2.75, 3.05) is 11.8 Å². The van der Waals surface area contributed by atoms with Gasteiger partial charge >= 0.3 is 5.97 Å². The van der Waals surface area contributed by atoms with Crippen LogP contribution in [0.4, 0.5) is 5.69 Å². The molecule has 0 saturated heterocycles. The van der Waals surface area contributed by atoms with Crippen molar-refractivity contribution in [1.29, 1.82) is 0 Å². The van der Waals surface area contributed by atoms with E-state index in [1.165, 1.54) is 7.11 Å². The van der Waals surface area contributed by atoms with Crippen molar-refractivity contribution in [2.24, 2.45) is 5.92 Å². The first-order valence-electron chi connectivity index (χ1n) is 11.3. The number of nitrogens with one attached hydrogen (secondary N) is 1. The third-order valence-corrected chi connectivity index (χ3v) is 7.30. The van der Waals surface area contributed by atoms with E-state index in [9.17, 15) is 18.0 Å². The predicted molar refractivity (Wildman–Crippen MR) is 135 cm³/mol. The molecule has 0 aromatic heterocycles. The Balaban J connectivity index is 1.50. The molecule has 0 unspecified atom stereocenters. The largest absolute Gasteiger partial charge is 0.467 e. The summed E-state index contributed by atoms with van der Waals surface area (Å²) in [7, 11) is -2.21. The number of esters is 1. The predicted octanol–water partition coefficient (Wildman–Crippen LogP) is 4.45. The normalized spacial score (nSPS) is 14.1. The van der Waals surface area contributed by atoms with E-state index >= 15 is 0 Å². The number of hydrogen-bond donors (Lipinski definition) is 1. The van der Waals surface area contributed by atoms with E-state index in [0.29, 0.717) is 23.4 Å². The molecule has 0 spiro atoms. The third kappa shape index (κ3) is 5.38. The molecule has 3 aromatic rings. The fourth-order valence-electron chi connectivity index (χ4n) is 4.37. The second kappa shape index (κ2) is 9.92. The molecule has 0 fully saturated rings. The molecule has 0 bridgehead atoms. The monoisotopic (exact) mass is 492 g/mol. The van der Waals surface area contributed by atoms with Gasteiger partial charge in [-0.3, -0.25) is 9.52 Å². The van der Waals surface area contributed by atoms with Gasteiger partial charge in [0.1, 0.15) is 6.04 Å². The number of ether oxygens (including phenoxy) is 1. The van der Waals surface area contributed by atoms with Gasteiger partial charge in [0.05, 0.1) is 12.9 Å². The second-order valence-electron chi connectivity index (χ2n) is 8.94. The zero-order chi connectivity index (χ0) is 25.2. The van der Waals surface area contributed by atoms with Gasteiger partial charge < -0.3 is 9.64 Å². The van der Waals surface area contributed by atoms with Gasteiger partial charge in [0.25, 0.3) is 5.91 Å². The number of carbonyl (C=O) groups excluding carboxylic acids is 2. The molecule has 8 heteroatoms. The van der Waals surface area contributed by atoms with E-state index in [1.54, 1.807) is 35.2 Å². The fourth-order valence-corrected chi connectivity index (χ4v) is 5.57. The van der Waals surface area contributed by atoms with Crippen LogP contribution in [0.15, 0.2) is 72.8 Å². The minimum absolute atomic E-state index is 0.0848. The summed E-state index contributed by atoms with van der Waals surface area (Å²) in [6.07, 6.45) is 0. The van der Waals surface area contributed by atoms with Crippen LogP contribution in [0.5, 0.6) is 0 Å². The van der Waals surface area contributed by atoms with E-state index in [0.717, 1.165) is 16.7 Å². The van der Waals surface area contributed by atoms with Crippen LogP contribution >= 0.6 is 0 Å². The molecule has 0 aliphatic carbocycles. The highest BCUT2D eigenvalue weighted by atomic mass is 32.2. The van der Waals surface area contributed by atoms with Gasteiger partial charge in [-0.1, -0.05) is 62.4 Å². The third-order valence-electron chi connectivity index (χ3n) is 6.04. The number of anilines is 1. The van der Waals surface area contributed by atoms with Crippen LogP contribution < -0.4 is 4.72 Å². The molecule has 1 heterocycles. The number of carbonyl (C=O) groups is 2. The molecule has 35 heavy (non-hydrogen) atoms. The smallest absolute Gasteiger partial charge is 0.328 e. The van der Waals surface area contributed by atoms with Gasteiger partial charge in [0.2, 0.25) is 10.0 Å². The molecule has 0 saturated carbocycles. The minimum Gasteiger partial charge on any atom is -0.467 e. The van der Waals surface area contributed by atoms with Gasteiger partial charge in [-0.2, -0.15) is 0 Å². The Labute approximate surface area is 205 Å². The Kier molecular flexibility index (Phi) is 6.93. The van der Waals surface area contributed by atoms with Gasteiger partial charge in [-0.05, 0) is 52.4 Å². The number of hydrogen-bond acceptors (Lipinski definition) is 5. The summed E-state index contributed by atoms with van der Waals surface area (Å²) in [5.41, 5.74) is 4.40. The van der Waals surface area contributed by atoms with Crippen LogP contribution in [0, 0.1) is 5.92 Å². The number of methoxy groups -OCH3 is 1. The summed E-state index contributed by atoms with van der Waals surface area (Å²) in [6, 6.07) is 21.0. The van der Waals surface area contributed by atoms with Crippen LogP contribution in [0.2, 0.25) is 0 Å². The lowest BCUT2D eigenvalue weighted by atomic mass is 10.0. The zero-order valence-electron chi connectivity index (χ0n) is 19.9. The van der Waals surface area contributed by atoms with Crippen LogP contribution in [0.1, 0.15) is 35.3 Å². The lowest BCUT2D eigenvalue weighted by molar-refractivity contribution is -0.147. The average Bonchev–Trinajstić information content (AvgIpc) is 3.14. The Morgan fingerprint density at radius 3 is 2.29 bits per heavy atom. The Hall–Kier alpha value is -3.65. The van der Waals surface area contributed by atoms with Gasteiger partial charge in [0, 0.05) is 17.8 Å². The van der Waals surface area contributed by atoms with E-state index in [4.69, 9.17) is 4.74 Å². The molecular formula is C27H28N2O5S. The molecule has 1 aliphatic heterocycles. The summed E-state index contributed by atoms with van der Waals surface area (Å²) in [4.78, 5) is 26.8. The maximum Gasteiger partial charge on any atom is 0.328 e. The van der Waals surface area contributed by atoms with Crippen molar-refractivity contribution in [3.8, 4) is 11.1 Å². The van der Waals surface area contributed by atoms with Gasteiger partial charge in [-0.25, -0.2) is 13.2 Å². The number of benzene rings is 3.